The molecule has 0 aromatic heterocycles. The summed E-state index contributed by atoms with van der Waals surface area (Å²) in [5.74, 6) is -3.12. The van der Waals surface area contributed by atoms with Gasteiger partial charge in [0.15, 0.2) is 0 Å². The normalized spacial score (nSPS) is 22.0. The second-order valence-corrected chi connectivity index (χ2v) is 6.24. The molecule has 1 fully saturated rings. The number of hydrogen-bond acceptors (Lipinski definition) is 3. The maximum Gasteiger partial charge on any atom is 0.573 e. The van der Waals surface area contributed by atoms with Gasteiger partial charge in [-0.3, -0.25) is 4.79 Å². The average Bonchev–Trinajstić information content (AvgIpc) is 3.30. The van der Waals surface area contributed by atoms with Gasteiger partial charge in [-0.05, 0) is 29.9 Å². The Kier molecular flexibility index (Phi) is 5.59. The average molecular weight is 359 g/mol. The number of benzene rings is 1. The molecule has 1 aromatic rings. The largest absolute Gasteiger partial charge is 0.573 e. The molecule has 1 aliphatic rings. The van der Waals surface area contributed by atoms with Crippen LogP contribution in [0.4, 0.5) is 13.2 Å². The van der Waals surface area contributed by atoms with E-state index in [1.807, 2.05) is 6.92 Å². The van der Waals surface area contributed by atoms with Gasteiger partial charge in [-0.15, -0.1) is 13.2 Å². The zero-order chi connectivity index (χ0) is 18.8. The van der Waals surface area contributed by atoms with E-state index in [-0.39, 0.29) is 11.7 Å². The Morgan fingerprint density at radius 2 is 2.00 bits per heavy atom. The molecule has 2 rings (SSSR count). The summed E-state index contributed by atoms with van der Waals surface area (Å²) in [4.78, 5) is 23.6. The van der Waals surface area contributed by atoms with Crippen molar-refractivity contribution in [1.29, 1.82) is 0 Å². The van der Waals surface area contributed by atoms with E-state index >= 15 is 0 Å². The number of ether oxygens (including phenoxy) is 1. The minimum atomic E-state index is -4.81. The van der Waals surface area contributed by atoms with Crippen LogP contribution in [0.15, 0.2) is 24.3 Å². The number of carbonyl (C=O) groups excluding carboxylic acids is 1. The van der Waals surface area contributed by atoms with Crippen LogP contribution in [0.1, 0.15) is 38.2 Å². The van der Waals surface area contributed by atoms with Gasteiger partial charge < -0.3 is 15.2 Å². The Hall–Kier alpha value is -2.25. The number of amides is 1. The predicted molar refractivity (Wildman–Crippen MR) is 83.0 cm³/mol. The topological polar surface area (TPSA) is 75.6 Å². The Labute approximate surface area is 143 Å². The SMILES string of the molecule is CC[C@H](C)[C@H](NC(=O)C1CC1c1ccccc1OC(F)(F)F)C(=O)O. The van der Waals surface area contributed by atoms with E-state index in [1.54, 1.807) is 13.0 Å². The van der Waals surface area contributed by atoms with Crippen LogP contribution < -0.4 is 10.1 Å². The Morgan fingerprint density at radius 1 is 1.36 bits per heavy atom. The first-order chi connectivity index (χ1) is 11.6. The van der Waals surface area contributed by atoms with Crippen molar-refractivity contribution in [2.24, 2.45) is 11.8 Å². The predicted octanol–water partition coefficient (Wildman–Crippen LogP) is 3.30. The highest BCUT2D eigenvalue weighted by Crippen LogP contribution is 2.51. The van der Waals surface area contributed by atoms with Crippen molar-refractivity contribution in [2.45, 2.75) is 45.0 Å². The van der Waals surface area contributed by atoms with Crippen LogP contribution in [0.2, 0.25) is 0 Å². The van der Waals surface area contributed by atoms with Crippen LogP contribution in [0.3, 0.4) is 0 Å². The van der Waals surface area contributed by atoms with Gasteiger partial charge in [-0.2, -0.15) is 0 Å². The van der Waals surface area contributed by atoms with Gasteiger partial charge in [0.25, 0.3) is 0 Å². The third-order valence-corrected chi connectivity index (χ3v) is 4.45. The van der Waals surface area contributed by atoms with Crippen LogP contribution >= 0.6 is 0 Å². The molecule has 5 nitrogen and oxygen atoms in total. The number of alkyl halides is 3. The van der Waals surface area contributed by atoms with E-state index in [2.05, 4.69) is 10.1 Å². The van der Waals surface area contributed by atoms with Crippen molar-refractivity contribution in [1.82, 2.24) is 5.32 Å². The highest BCUT2D eigenvalue weighted by molar-refractivity contribution is 5.87. The lowest BCUT2D eigenvalue weighted by molar-refractivity contribution is -0.274. The summed E-state index contributed by atoms with van der Waals surface area (Å²) in [6.07, 6.45) is -3.88. The molecular formula is C17H20F3NO4. The fourth-order valence-corrected chi connectivity index (χ4v) is 2.78. The van der Waals surface area contributed by atoms with E-state index in [4.69, 9.17) is 0 Å². The van der Waals surface area contributed by atoms with E-state index in [1.165, 1.54) is 18.2 Å². The third kappa shape index (κ3) is 4.87. The third-order valence-electron chi connectivity index (χ3n) is 4.45. The molecule has 1 saturated carbocycles. The number of hydrogen-bond donors (Lipinski definition) is 2. The maximum absolute atomic E-state index is 12.5. The molecule has 0 saturated heterocycles. The van der Waals surface area contributed by atoms with Crippen molar-refractivity contribution in [3.63, 3.8) is 0 Å². The molecule has 1 aliphatic carbocycles. The molecule has 4 atom stereocenters. The van der Waals surface area contributed by atoms with E-state index in [0.29, 0.717) is 18.4 Å². The van der Waals surface area contributed by atoms with Gasteiger partial charge in [0.05, 0.1) is 0 Å². The monoisotopic (exact) mass is 359 g/mol. The van der Waals surface area contributed by atoms with Gasteiger partial charge in [0.2, 0.25) is 5.91 Å². The summed E-state index contributed by atoms with van der Waals surface area (Å²) in [5, 5.41) is 11.7. The van der Waals surface area contributed by atoms with Crippen molar-refractivity contribution in [3.8, 4) is 5.75 Å². The summed E-state index contributed by atoms with van der Waals surface area (Å²) < 4.78 is 41.5. The first-order valence-electron chi connectivity index (χ1n) is 8.01. The Morgan fingerprint density at radius 3 is 2.56 bits per heavy atom. The molecule has 25 heavy (non-hydrogen) atoms. The lowest BCUT2D eigenvalue weighted by Gasteiger charge is -2.20. The molecule has 8 heteroatoms. The number of nitrogens with one attached hydrogen (secondary N) is 1. The van der Waals surface area contributed by atoms with Gasteiger partial charge in [-0.1, -0.05) is 38.5 Å². The summed E-state index contributed by atoms with van der Waals surface area (Å²) >= 11 is 0. The van der Waals surface area contributed by atoms with E-state index in [0.717, 1.165) is 0 Å². The molecule has 0 spiro atoms. The van der Waals surface area contributed by atoms with Crippen LogP contribution in [0, 0.1) is 11.8 Å². The summed E-state index contributed by atoms with van der Waals surface area (Å²) in [5.41, 5.74) is 0.301. The molecule has 1 amide bonds. The molecule has 0 bridgehead atoms. The van der Waals surface area contributed by atoms with Crippen molar-refractivity contribution in [2.75, 3.05) is 0 Å². The number of halogens is 3. The van der Waals surface area contributed by atoms with Gasteiger partial charge >= 0.3 is 12.3 Å². The van der Waals surface area contributed by atoms with Gasteiger partial charge in [0.1, 0.15) is 11.8 Å². The molecule has 138 valence electrons. The number of rotatable bonds is 7. The molecule has 0 aliphatic heterocycles. The van der Waals surface area contributed by atoms with E-state index in [9.17, 15) is 27.9 Å². The zero-order valence-electron chi connectivity index (χ0n) is 13.8. The fourth-order valence-electron chi connectivity index (χ4n) is 2.78. The lowest BCUT2D eigenvalue weighted by Crippen LogP contribution is -2.45. The minimum absolute atomic E-state index is 0.250. The van der Waals surface area contributed by atoms with Crippen LogP contribution in [-0.4, -0.2) is 29.4 Å². The molecule has 0 radical (unpaired) electrons. The highest BCUT2D eigenvalue weighted by atomic mass is 19.4. The Balaban J connectivity index is 2.07. The smallest absolute Gasteiger partial charge is 0.480 e. The van der Waals surface area contributed by atoms with Crippen molar-refractivity contribution >= 4 is 11.9 Å². The number of para-hydroxylation sites is 1. The van der Waals surface area contributed by atoms with Crippen LogP contribution in [0.25, 0.3) is 0 Å². The Bertz CT molecular complexity index is 647. The van der Waals surface area contributed by atoms with Crippen molar-refractivity contribution < 1.29 is 32.6 Å². The first-order valence-corrected chi connectivity index (χ1v) is 8.01. The molecular weight excluding hydrogens is 339 g/mol. The first kappa shape index (κ1) is 19.1. The summed E-state index contributed by atoms with van der Waals surface area (Å²) in [6, 6.07) is 4.68. The quantitative estimate of drug-likeness (QED) is 0.783. The molecule has 2 unspecified atom stereocenters. The number of aliphatic carboxylic acids is 1. The second kappa shape index (κ2) is 7.33. The standard InChI is InChI=1S/C17H20F3NO4/c1-3-9(2)14(16(23)24)21-15(22)12-8-11(12)10-6-4-5-7-13(10)25-17(18,19)20/h4-7,9,11-12,14H,3,8H2,1-2H3,(H,21,22)(H,23,24)/t9-,11?,12?,14-/m0/s1. The number of carboxylic acid groups (broad SMARTS) is 1. The van der Waals surface area contributed by atoms with Crippen LogP contribution in [0.5, 0.6) is 5.75 Å². The van der Waals surface area contributed by atoms with E-state index < -0.39 is 36.1 Å². The van der Waals surface area contributed by atoms with Crippen molar-refractivity contribution in [3.05, 3.63) is 29.8 Å². The molecule has 1 aromatic carbocycles. The van der Waals surface area contributed by atoms with Gasteiger partial charge in [-0.25, -0.2) is 4.79 Å². The summed E-state index contributed by atoms with van der Waals surface area (Å²) in [6.45, 7) is 3.54. The number of carbonyl (C=O) groups is 2. The highest BCUT2D eigenvalue weighted by Gasteiger charge is 2.47. The zero-order valence-corrected chi connectivity index (χ0v) is 13.8. The number of carboxylic acids is 1. The lowest BCUT2D eigenvalue weighted by atomic mass is 9.99. The maximum atomic E-state index is 12.5. The molecule has 2 N–H and O–H groups in total. The minimum Gasteiger partial charge on any atom is -0.480 e. The fraction of sp³-hybridized carbons (Fsp3) is 0.529. The molecule has 0 heterocycles. The van der Waals surface area contributed by atoms with Gasteiger partial charge in [0, 0.05) is 5.92 Å². The second-order valence-electron chi connectivity index (χ2n) is 6.24. The van der Waals surface area contributed by atoms with Crippen LogP contribution in [-0.2, 0) is 9.59 Å². The summed E-state index contributed by atoms with van der Waals surface area (Å²) in [7, 11) is 0.